The van der Waals surface area contributed by atoms with Crippen molar-refractivity contribution >= 4 is 34.2 Å². The number of benzene rings is 2. The fourth-order valence-electron chi connectivity index (χ4n) is 4.18. The quantitative estimate of drug-likeness (QED) is 0.486. The lowest BCUT2D eigenvalue weighted by atomic mass is 9.94. The van der Waals surface area contributed by atoms with Crippen molar-refractivity contribution in [2.75, 3.05) is 24.5 Å². The average molecular weight is 469 g/mol. The highest BCUT2D eigenvalue weighted by Crippen LogP contribution is 2.26. The molecular formula is C25H29ClN4OS. The highest BCUT2D eigenvalue weighted by Gasteiger charge is 2.24. The topological polar surface area (TPSA) is 58.1 Å². The minimum atomic E-state index is -0.0725. The lowest BCUT2D eigenvalue weighted by molar-refractivity contribution is -0.122. The summed E-state index contributed by atoms with van der Waals surface area (Å²) in [6.45, 7) is 4.71. The van der Waals surface area contributed by atoms with Gasteiger partial charge in [0, 0.05) is 42.6 Å². The van der Waals surface area contributed by atoms with Gasteiger partial charge in [0.15, 0.2) is 0 Å². The molecule has 0 saturated carbocycles. The van der Waals surface area contributed by atoms with Crippen molar-refractivity contribution in [2.45, 2.75) is 38.5 Å². The van der Waals surface area contributed by atoms with E-state index in [9.17, 15) is 4.79 Å². The van der Waals surface area contributed by atoms with Crippen molar-refractivity contribution in [3.05, 3.63) is 76.6 Å². The number of nitrogens with one attached hydrogen (secondary N) is 1. The third-order valence-electron chi connectivity index (χ3n) is 6.11. The molecule has 1 fully saturated rings. The Morgan fingerprint density at radius 3 is 2.56 bits per heavy atom. The van der Waals surface area contributed by atoms with E-state index in [1.807, 2.05) is 54.6 Å². The number of halogens is 1. The summed E-state index contributed by atoms with van der Waals surface area (Å²) >= 11 is 7.44. The van der Waals surface area contributed by atoms with Gasteiger partial charge in [0.2, 0.25) is 11.0 Å². The van der Waals surface area contributed by atoms with Crippen LogP contribution in [0.4, 0.5) is 5.13 Å². The summed E-state index contributed by atoms with van der Waals surface area (Å²) < 4.78 is 4.54. The number of hydrogen-bond donors (Lipinski definition) is 1. The van der Waals surface area contributed by atoms with E-state index in [2.05, 4.69) is 21.5 Å². The zero-order chi connectivity index (χ0) is 22.3. The van der Waals surface area contributed by atoms with Crippen LogP contribution in [0.25, 0.3) is 0 Å². The predicted molar refractivity (Wildman–Crippen MR) is 132 cm³/mol. The molecule has 0 radical (unpaired) electrons. The monoisotopic (exact) mass is 468 g/mol. The average Bonchev–Trinajstić information content (AvgIpc) is 3.29. The third kappa shape index (κ3) is 5.87. The molecule has 1 amide bonds. The Labute approximate surface area is 199 Å². The number of hydrogen-bond acceptors (Lipinski definition) is 5. The number of carbonyl (C=O) groups excluding carboxylic acids is 1. The second-order valence-corrected chi connectivity index (χ2v) is 9.51. The maximum Gasteiger partial charge on any atom is 0.227 e. The first-order valence-electron chi connectivity index (χ1n) is 11.3. The van der Waals surface area contributed by atoms with Gasteiger partial charge in [-0.3, -0.25) is 4.79 Å². The molecule has 2 aromatic carbocycles. The Morgan fingerprint density at radius 1 is 1.16 bits per heavy atom. The molecule has 0 bridgehead atoms. The summed E-state index contributed by atoms with van der Waals surface area (Å²) in [7, 11) is 0. The van der Waals surface area contributed by atoms with Crippen LogP contribution in [-0.2, 0) is 11.2 Å². The maximum absolute atomic E-state index is 12.7. The Balaban J connectivity index is 1.24. The Morgan fingerprint density at radius 2 is 1.88 bits per heavy atom. The number of nitrogens with zero attached hydrogens (tertiary/aromatic N) is 3. The first-order valence-corrected chi connectivity index (χ1v) is 12.4. The summed E-state index contributed by atoms with van der Waals surface area (Å²) in [5, 5.41) is 4.93. The lowest BCUT2D eigenvalue weighted by Gasteiger charge is -2.31. The molecule has 168 valence electrons. The van der Waals surface area contributed by atoms with Crippen molar-refractivity contribution in [3.8, 4) is 0 Å². The SMILES string of the molecule is CCC(C(=O)NCC1CCN(c2nc(Cc3ccc(Cl)cc3)ns2)CC1)c1ccccc1. The second-order valence-electron chi connectivity index (χ2n) is 8.34. The number of anilines is 1. The van der Waals surface area contributed by atoms with E-state index >= 15 is 0 Å². The summed E-state index contributed by atoms with van der Waals surface area (Å²) in [5.41, 5.74) is 2.25. The number of rotatable bonds is 8. The van der Waals surface area contributed by atoms with E-state index < -0.39 is 0 Å². The molecule has 0 spiro atoms. The van der Waals surface area contributed by atoms with Gasteiger partial charge in [-0.05, 0) is 48.4 Å². The molecule has 1 aromatic heterocycles. The van der Waals surface area contributed by atoms with Crippen LogP contribution in [0, 0.1) is 5.92 Å². The van der Waals surface area contributed by atoms with E-state index in [0.717, 1.165) is 72.4 Å². The second kappa shape index (κ2) is 10.9. The maximum atomic E-state index is 12.7. The van der Waals surface area contributed by atoms with Gasteiger partial charge in [0.25, 0.3) is 0 Å². The highest BCUT2D eigenvalue weighted by molar-refractivity contribution is 7.09. The van der Waals surface area contributed by atoms with E-state index in [1.165, 1.54) is 11.5 Å². The fourth-order valence-corrected chi connectivity index (χ4v) is 5.05. The highest BCUT2D eigenvalue weighted by atomic mass is 35.5. The van der Waals surface area contributed by atoms with Crippen LogP contribution in [-0.4, -0.2) is 34.9 Å². The van der Waals surface area contributed by atoms with Crippen LogP contribution in [0.3, 0.4) is 0 Å². The smallest absolute Gasteiger partial charge is 0.227 e. The van der Waals surface area contributed by atoms with E-state index in [-0.39, 0.29) is 11.8 Å². The Hall–Kier alpha value is -2.44. The van der Waals surface area contributed by atoms with E-state index in [4.69, 9.17) is 16.6 Å². The van der Waals surface area contributed by atoms with Crippen LogP contribution in [0.5, 0.6) is 0 Å². The van der Waals surface area contributed by atoms with Gasteiger partial charge in [-0.15, -0.1) is 0 Å². The lowest BCUT2D eigenvalue weighted by Crippen LogP contribution is -2.39. The molecular weight excluding hydrogens is 440 g/mol. The first-order chi connectivity index (χ1) is 15.6. The standard InChI is InChI=1S/C25H29ClN4OS/c1-2-22(20-6-4-3-5-7-20)24(31)27-17-19-12-14-30(15-13-19)25-28-23(29-32-25)16-18-8-10-21(26)11-9-18/h3-11,19,22H,2,12-17H2,1H3,(H,27,31). The normalized spacial score (nSPS) is 15.5. The molecule has 1 aliphatic heterocycles. The first kappa shape index (κ1) is 22.7. The van der Waals surface area contributed by atoms with Crippen LogP contribution < -0.4 is 10.2 Å². The van der Waals surface area contributed by atoms with Gasteiger partial charge in [-0.1, -0.05) is 61.0 Å². The fraction of sp³-hybridized carbons (Fsp3) is 0.400. The summed E-state index contributed by atoms with van der Waals surface area (Å²) in [6.07, 6.45) is 3.63. The molecule has 2 heterocycles. The molecule has 0 aliphatic carbocycles. The van der Waals surface area contributed by atoms with Crippen LogP contribution in [0.15, 0.2) is 54.6 Å². The minimum Gasteiger partial charge on any atom is -0.355 e. The third-order valence-corrected chi connectivity index (χ3v) is 7.18. The molecule has 1 aliphatic rings. The summed E-state index contributed by atoms with van der Waals surface area (Å²) in [4.78, 5) is 19.8. The van der Waals surface area contributed by atoms with Crippen molar-refractivity contribution in [1.29, 1.82) is 0 Å². The Kier molecular flexibility index (Phi) is 7.76. The van der Waals surface area contributed by atoms with Crippen molar-refractivity contribution in [3.63, 3.8) is 0 Å². The Bertz CT molecular complexity index is 1000. The minimum absolute atomic E-state index is 0.0725. The molecule has 4 rings (SSSR count). The van der Waals surface area contributed by atoms with Crippen LogP contribution in [0.2, 0.25) is 5.02 Å². The number of amides is 1. The van der Waals surface area contributed by atoms with Gasteiger partial charge < -0.3 is 10.2 Å². The van der Waals surface area contributed by atoms with Crippen LogP contribution in [0.1, 0.15) is 49.1 Å². The van der Waals surface area contributed by atoms with Gasteiger partial charge in [-0.25, -0.2) is 4.98 Å². The molecule has 1 atom stereocenters. The summed E-state index contributed by atoms with van der Waals surface area (Å²) in [6, 6.07) is 17.9. The molecule has 3 aromatic rings. The molecule has 1 N–H and O–H groups in total. The van der Waals surface area contributed by atoms with Gasteiger partial charge >= 0.3 is 0 Å². The van der Waals surface area contributed by atoms with E-state index in [0.29, 0.717) is 5.92 Å². The molecule has 7 heteroatoms. The molecule has 1 unspecified atom stereocenters. The zero-order valence-electron chi connectivity index (χ0n) is 18.3. The van der Waals surface area contributed by atoms with Crippen molar-refractivity contribution in [1.82, 2.24) is 14.7 Å². The number of piperidine rings is 1. The van der Waals surface area contributed by atoms with Gasteiger partial charge in [0.1, 0.15) is 5.82 Å². The van der Waals surface area contributed by atoms with Crippen LogP contribution >= 0.6 is 23.1 Å². The van der Waals surface area contributed by atoms with Gasteiger partial charge in [-0.2, -0.15) is 4.37 Å². The zero-order valence-corrected chi connectivity index (χ0v) is 19.9. The van der Waals surface area contributed by atoms with Crippen molar-refractivity contribution in [2.24, 2.45) is 5.92 Å². The number of carbonyl (C=O) groups is 1. The molecule has 32 heavy (non-hydrogen) atoms. The summed E-state index contributed by atoms with van der Waals surface area (Å²) in [5.74, 6) is 1.42. The van der Waals surface area contributed by atoms with Crippen molar-refractivity contribution < 1.29 is 4.79 Å². The predicted octanol–water partition coefficient (Wildman–Crippen LogP) is 5.31. The largest absolute Gasteiger partial charge is 0.355 e. The molecule has 1 saturated heterocycles. The molecule has 5 nitrogen and oxygen atoms in total. The number of aromatic nitrogens is 2. The van der Waals surface area contributed by atoms with Gasteiger partial charge in [0.05, 0.1) is 5.92 Å². The van der Waals surface area contributed by atoms with E-state index in [1.54, 1.807) is 0 Å².